The van der Waals surface area contributed by atoms with Crippen molar-refractivity contribution in [3.05, 3.63) is 47.9 Å². The molecule has 2 heterocycles. The molecule has 0 atom stereocenters. The lowest BCUT2D eigenvalue weighted by Crippen LogP contribution is -2.16. The average molecular weight is 271 g/mol. The first-order chi connectivity index (χ1) is 9.36. The third-order valence-electron chi connectivity index (χ3n) is 2.77. The Morgan fingerprint density at radius 3 is 2.60 bits per heavy atom. The summed E-state index contributed by atoms with van der Waals surface area (Å²) in [6, 6.07) is 6.77. The highest BCUT2D eigenvalue weighted by molar-refractivity contribution is 5.89. The van der Waals surface area contributed by atoms with Gasteiger partial charge in [-0.05, 0) is 24.3 Å². The molecule has 104 valence electrons. The van der Waals surface area contributed by atoms with Crippen molar-refractivity contribution in [3.8, 4) is 0 Å². The number of carboxylic acids is 1. The Balaban J connectivity index is 2.42. The summed E-state index contributed by atoms with van der Waals surface area (Å²) in [5.41, 5.74) is 1.49. The summed E-state index contributed by atoms with van der Waals surface area (Å²) in [5, 5.41) is 12.3. The largest absolute Gasteiger partial charge is 0.478 e. The van der Waals surface area contributed by atoms with Crippen molar-refractivity contribution in [3.63, 3.8) is 0 Å². The molecule has 0 aliphatic rings. The zero-order valence-corrected chi connectivity index (χ0v) is 11.7. The summed E-state index contributed by atoms with van der Waals surface area (Å²) < 4.78 is 0. The smallest absolute Gasteiger partial charge is 0.335 e. The van der Waals surface area contributed by atoms with Gasteiger partial charge in [-0.15, -0.1) is 0 Å². The molecule has 20 heavy (non-hydrogen) atoms. The van der Waals surface area contributed by atoms with E-state index in [1.165, 1.54) is 6.07 Å². The van der Waals surface area contributed by atoms with Gasteiger partial charge in [0.25, 0.3) is 0 Å². The number of rotatable bonds is 3. The highest BCUT2D eigenvalue weighted by Crippen LogP contribution is 2.24. The van der Waals surface area contributed by atoms with Gasteiger partial charge in [-0.2, -0.15) is 0 Å². The van der Waals surface area contributed by atoms with Crippen LogP contribution in [0.2, 0.25) is 0 Å². The molecule has 0 aliphatic carbocycles. The zero-order chi connectivity index (χ0) is 14.8. The van der Waals surface area contributed by atoms with Gasteiger partial charge in [0.15, 0.2) is 0 Å². The van der Waals surface area contributed by atoms with E-state index in [1.54, 1.807) is 24.5 Å². The van der Waals surface area contributed by atoms with Crippen LogP contribution in [0.5, 0.6) is 0 Å². The van der Waals surface area contributed by atoms with Crippen LogP contribution in [0.3, 0.4) is 0 Å². The first-order valence-corrected chi connectivity index (χ1v) is 6.29. The van der Waals surface area contributed by atoms with Crippen molar-refractivity contribution in [2.45, 2.75) is 26.2 Å². The van der Waals surface area contributed by atoms with Crippen LogP contribution in [0.1, 0.15) is 36.8 Å². The molecule has 0 aliphatic heterocycles. The second-order valence-corrected chi connectivity index (χ2v) is 5.55. The molecule has 2 N–H and O–H groups in total. The predicted octanol–water partition coefficient (Wildman–Crippen LogP) is 3.22. The molecule has 0 saturated carbocycles. The second kappa shape index (κ2) is 5.28. The van der Waals surface area contributed by atoms with Gasteiger partial charge in [0.05, 0.1) is 17.4 Å². The number of hydrogen-bond acceptors (Lipinski definition) is 4. The quantitative estimate of drug-likeness (QED) is 0.896. The predicted molar refractivity (Wildman–Crippen MR) is 77.4 cm³/mol. The first-order valence-electron chi connectivity index (χ1n) is 6.29. The van der Waals surface area contributed by atoms with E-state index in [9.17, 15) is 9.90 Å². The van der Waals surface area contributed by atoms with Crippen LogP contribution in [-0.4, -0.2) is 21.0 Å². The summed E-state index contributed by atoms with van der Waals surface area (Å²) in [6.07, 6.45) is 3.33. The van der Waals surface area contributed by atoms with Crippen molar-refractivity contribution >= 4 is 17.5 Å². The van der Waals surface area contributed by atoms with Crippen LogP contribution < -0.4 is 5.32 Å². The van der Waals surface area contributed by atoms with E-state index in [-0.39, 0.29) is 11.0 Å². The minimum absolute atomic E-state index is 0.219. The molecule has 0 aromatic carbocycles. The third kappa shape index (κ3) is 3.32. The van der Waals surface area contributed by atoms with Gasteiger partial charge in [-0.1, -0.05) is 20.8 Å². The van der Waals surface area contributed by atoms with Gasteiger partial charge >= 0.3 is 5.97 Å². The molecule has 0 bridgehead atoms. The molecule has 5 heteroatoms. The normalized spacial score (nSPS) is 11.2. The van der Waals surface area contributed by atoms with E-state index in [0.717, 1.165) is 11.4 Å². The molecule has 5 nitrogen and oxygen atoms in total. The van der Waals surface area contributed by atoms with Gasteiger partial charge in [0.2, 0.25) is 0 Å². The monoisotopic (exact) mass is 271 g/mol. The number of nitrogens with one attached hydrogen (secondary N) is 1. The topological polar surface area (TPSA) is 75.1 Å². The number of aromatic carboxylic acids is 1. The lowest BCUT2D eigenvalue weighted by atomic mass is 9.91. The van der Waals surface area contributed by atoms with Crippen LogP contribution in [0.25, 0.3) is 0 Å². The number of pyridine rings is 2. The van der Waals surface area contributed by atoms with Crippen molar-refractivity contribution in [2.24, 2.45) is 0 Å². The fourth-order valence-corrected chi connectivity index (χ4v) is 1.69. The van der Waals surface area contributed by atoms with Crippen molar-refractivity contribution in [1.82, 2.24) is 9.97 Å². The summed E-state index contributed by atoms with van der Waals surface area (Å²) in [5.74, 6) is -0.463. The molecule has 0 fully saturated rings. The molecule has 2 rings (SSSR count). The first kappa shape index (κ1) is 14.0. The van der Waals surface area contributed by atoms with Gasteiger partial charge in [-0.3, -0.25) is 4.98 Å². The zero-order valence-electron chi connectivity index (χ0n) is 11.7. The van der Waals surface area contributed by atoms with Gasteiger partial charge in [-0.25, -0.2) is 9.78 Å². The van der Waals surface area contributed by atoms with Crippen LogP contribution in [-0.2, 0) is 5.41 Å². The average Bonchev–Trinajstić information content (AvgIpc) is 2.38. The maximum Gasteiger partial charge on any atom is 0.335 e. The second-order valence-electron chi connectivity index (χ2n) is 5.55. The van der Waals surface area contributed by atoms with Crippen molar-refractivity contribution < 1.29 is 9.90 Å². The summed E-state index contributed by atoms with van der Waals surface area (Å²) >= 11 is 0. The number of anilines is 2. The SMILES string of the molecule is CC(C)(C)c1cc(C(=O)O)cc(Nc2cccnc2)n1. The molecule has 0 saturated heterocycles. The summed E-state index contributed by atoms with van der Waals surface area (Å²) in [6.45, 7) is 5.98. The van der Waals surface area contributed by atoms with Crippen molar-refractivity contribution in [2.75, 3.05) is 5.32 Å². The Hall–Kier alpha value is -2.43. The minimum atomic E-state index is -0.966. The standard InChI is InChI=1S/C15H17N3O2/c1-15(2,3)12-7-10(14(19)20)8-13(18-12)17-11-5-4-6-16-9-11/h4-9H,1-3H3,(H,17,18)(H,19,20). The van der Waals surface area contributed by atoms with Crippen LogP contribution in [0.15, 0.2) is 36.7 Å². The van der Waals surface area contributed by atoms with Gasteiger partial charge in [0.1, 0.15) is 5.82 Å². The summed E-state index contributed by atoms with van der Waals surface area (Å²) in [4.78, 5) is 19.7. The van der Waals surface area contributed by atoms with E-state index in [2.05, 4.69) is 15.3 Å². The molecule has 2 aromatic heterocycles. The molecule has 0 radical (unpaired) electrons. The number of carbonyl (C=O) groups is 1. The van der Waals surface area contributed by atoms with Crippen LogP contribution in [0.4, 0.5) is 11.5 Å². The molecular weight excluding hydrogens is 254 g/mol. The molecule has 0 unspecified atom stereocenters. The number of nitrogens with zero attached hydrogens (tertiary/aromatic N) is 2. The maximum absolute atomic E-state index is 11.2. The van der Waals surface area contributed by atoms with E-state index in [4.69, 9.17) is 0 Å². The third-order valence-corrected chi connectivity index (χ3v) is 2.77. The number of aromatic nitrogens is 2. The van der Waals surface area contributed by atoms with Crippen LogP contribution in [0, 0.1) is 0 Å². The van der Waals surface area contributed by atoms with E-state index >= 15 is 0 Å². The highest BCUT2D eigenvalue weighted by Gasteiger charge is 2.19. The summed E-state index contributed by atoms with van der Waals surface area (Å²) in [7, 11) is 0. The van der Waals surface area contributed by atoms with E-state index in [0.29, 0.717) is 5.82 Å². The number of hydrogen-bond donors (Lipinski definition) is 2. The highest BCUT2D eigenvalue weighted by atomic mass is 16.4. The lowest BCUT2D eigenvalue weighted by molar-refractivity contribution is 0.0696. The van der Waals surface area contributed by atoms with E-state index < -0.39 is 5.97 Å². The van der Waals surface area contributed by atoms with E-state index in [1.807, 2.05) is 26.8 Å². The fourth-order valence-electron chi connectivity index (χ4n) is 1.69. The molecule has 0 amide bonds. The molecular formula is C15H17N3O2. The Labute approximate surface area is 117 Å². The molecule has 0 spiro atoms. The van der Waals surface area contributed by atoms with Crippen molar-refractivity contribution in [1.29, 1.82) is 0 Å². The van der Waals surface area contributed by atoms with Gasteiger partial charge < -0.3 is 10.4 Å². The number of carboxylic acid groups (broad SMARTS) is 1. The Morgan fingerprint density at radius 2 is 2.05 bits per heavy atom. The maximum atomic E-state index is 11.2. The lowest BCUT2D eigenvalue weighted by Gasteiger charge is -2.19. The van der Waals surface area contributed by atoms with Crippen LogP contribution >= 0.6 is 0 Å². The Bertz CT molecular complexity index is 619. The Kier molecular flexibility index (Phi) is 3.70. The molecule has 2 aromatic rings. The minimum Gasteiger partial charge on any atom is -0.478 e. The fraction of sp³-hybridized carbons (Fsp3) is 0.267. The van der Waals surface area contributed by atoms with Gasteiger partial charge in [0, 0.05) is 17.3 Å². The Morgan fingerprint density at radius 1 is 1.30 bits per heavy atom.